The van der Waals surface area contributed by atoms with Crippen molar-refractivity contribution in [3.05, 3.63) is 65.2 Å². The van der Waals surface area contributed by atoms with E-state index < -0.39 is 0 Å². The van der Waals surface area contributed by atoms with Gasteiger partial charge in [0.1, 0.15) is 5.69 Å². The maximum absolute atomic E-state index is 12.4. The molecule has 134 valence electrons. The van der Waals surface area contributed by atoms with Crippen LogP contribution in [0, 0.1) is 0 Å². The molecule has 0 aliphatic heterocycles. The molecule has 0 bridgehead atoms. The van der Waals surface area contributed by atoms with E-state index in [1.807, 2.05) is 48.5 Å². The summed E-state index contributed by atoms with van der Waals surface area (Å²) in [5, 5.41) is 8.43. The van der Waals surface area contributed by atoms with E-state index in [1.165, 1.54) is 11.3 Å². The molecule has 0 atom stereocenters. The number of methoxy groups -OCH3 is 2. The lowest BCUT2D eigenvalue weighted by molar-refractivity contribution is 0.0946. The lowest BCUT2D eigenvalue weighted by Gasteiger charge is -2.12. The Balaban J connectivity index is 1.64. The van der Waals surface area contributed by atoms with Crippen LogP contribution in [0.3, 0.4) is 0 Å². The molecule has 0 spiro atoms. The summed E-state index contributed by atoms with van der Waals surface area (Å²) in [4.78, 5) is 16.7. The Morgan fingerprint density at radius 2 is 1.88 bits per heavy atom. The summed E-state index contributed by atoms with van der Waals surface area (Å²) < 4.78 is 10.6. The number of hydrogen-bond acceptors (Lipinski definition) is 6. The van der Waals surface area contributed by atoms with E-state index >= 15 is 0 Å². The molecule has 26 heavy (non-hydrogen) atoms. The number of nitrogens with one attached hydrogen (secondary N) is 2. The molecule has 0 saturated heterocycles. The van der Waals surface area contributed by atoms with Crippen LogP contribution in [0.25, 0.3) is 0 Å². The molecular weight excluding hydrogens is 350 g/mol. The van der Waals surface area contributed by atoms with Gasteiger partial charge in [-0.3, -0.25) is 4.79 Å². The third-order valence-electron chi connectivity index (χ3n) is 3.69. The standard InChI is InChI=1S/C19H19N3O3S/c1-24-16-10-6-7-13(17(16)25-2)11-20-18(23)15-12-26-19(22-15)21-14-8-4-3-5-9-14/h3-10,12H,11H2,1-2H3,(H,20,23)(H,21,22). The molecule has 0 saturated carbocycles. The van der Waals surface area contributed by atoms with E-state index in [9.17, 15) is 4.79 Å². The van der Waals surface area contributed by atoms with Crippen molar-refractivity contribution in [3.8, 4) is 11.5 Å². The molecule has 0 unspecified atom stereocenters. The quantitative estimate of drug-likeness (QED) is 0.662. The summed E-state index contributed by atoms with van der Waals surface area (Å²) in [5.74, 6) is 0.995. The van der Waals surface area contributed by atoms with Crippen molar-refractivity contribution < 1.29 is 14.3 Å². The Hall–Kier alpha value is -3.06. The van der Waals surface area contributed by atoms with Gasteiger partial charge < -0.3 is 20.1 Å². The highest BCUT2D eigenvalue weighted by atomic mass is 32.1. The van der Waals surface area contributed by atoms with Gasteiger partial charge in [0.2, 0.25) is 0 Å². The monoisotopic (exact) mass is 369 g/mol. The number of hydrogen-bond donors (Lipinski definition) is 2. The van der Waals surface area contributed by atoms with Crippen molar-refractivity contribution in [2.45, 2.75) is 6.54 Å². The zero-order chi connectivity index (χ0) is 18.4. The van der Waals surface area contributed by atoms with Gasteiger partial charge in [-0.1, -0.05) is 30.3 Å². The smallest absolute Gasteiger partial charge is 0.271 e. The van der Waals surface area contributed by atoms with Gasteiger partial charge in [0.15, 0.2) is 16.6 Å². The van der Waals surface area contributed by atoms with Gasteiger partial charge in [-0.05, 0) is 18.2 Å². The van der Waals surface area contributed by atoms with Gasteiger partial charge >= 0.3 is 0 Å². The van der Waals surface area contributed by atoms with Crippen LogP contribution in [0.15, 0.2) is 53.9 Å². The van der Waals surface area contributed by atoms with Gasteiger partial charge in [0.05, 0.1) is 14.2 Å². The number of carbonyl (C=O) groups excluding carboxylic acids is 1. The van der Waals surface area contributed by atoms with Crippen LogP contribution in [0.4, 0.5) is 10.8 Å². The van der Waals surface area contributed by atoms with E-state index in [0.29, 0.717) is 28.9 Å². The first-order valence-electron chi connectivity index (χ1n) is 7.97. The summed E-state index contributed by atoms with van der Waals surface area (Å²) in [5.41, 5.74) is 2.13. The SMILES string of the molecule is COc1cccc(CNC(=O)c2csc(Nc3ccccc3)n2)c1OC. The molecule has 3 rings (SSSR count). The first-order chi connectivity index (χ1) is 12.7. The molecule has 1 heterocycles. The van der Waals surface area contributed by atoms with E-state index in [0.717, 1.165) is 11.3 Å². The first kappa shape index (κ1) is 17.8. The van der Waals surface area contributed by atoms with Crippen molar-refractivity contribution >= 4 is 28.1 Å². The van der Waals surface area contributed by atoms with E-state index in [1.54, 1.807) is 19.6 Å². The molecule has 1 aromatic heterocycles. The number of rotatable bonds is 7. The zero-order valence-electron chi connectivity index (χ0n) is 14.5. The predicted octanol–water partition coefficient (Wildman–Crippen LogP) is 3.83. The van der Waals surface area contributed by atoms with Crippen LogP contribution < -0.4 is 20.1 Å². The Labute approximate surface area is 155 Å². The number of benzene rings is 2. The zero-order valence-corrected chi connectivity index (χ0v) is 15.3. The number of carbonyl (C=O) groups is 1. The minimum Gasteiger partial charge on any atom is -0.493 e. The molecule has 1 amide bonds. The number of anilines is 2. The van der Waals surface area contributed by atoms with Crippen molar-refractivity contribution in [2.75, 3.05) is 19.5 Å². The molecule has 2 N–H and O–H groups in total. The first-order valence-corrected chi connectivity index (χ1v) is 8.85. The van der Waals surface area contributed by atoms with Crippen molar-refractivity contribution in [1.82, 2.24) is 10.3 Å². The number of thiazole rings is 1. The highest BCUT2D eigenvalue weighted by molar-refractivity contribution is 7.14. The number of ether oxygens (including phenoxy) is 2. The highest BCUT2D eigenvalue weighted by Gasteiger charge is 2.14. The van der Waals surface area contributed by atoms with Gasteiger partial charge in [0.25, 0.3) is 5.91 Å². The second-order valence-corrected chi connectivity index (χ2v) is 6.22. The second kappa shape index (κ2) is 8.35. The van der Waals surface area contributed by atoms with Gasteiger partial charge in [0, 0.05) is 23.2 Å². The van der Waals surface area contributed by atoms with Crippen LogP contribution in [0.5, 0.6) is 11.5 Å². The van der Waals surface area contributed by atoms with Crippen molar-refractivity contribution in [3.63, 3.8) is 0 Å². The van der Waals surface area contributed by atoms with Crippen LogP contribution in [-0.4, -0.2) is 25.1 Å². The van der Waals surface area contributed by atoms with Crippen molar-refractivity contribution in [2.24, 2.45) is 0 Å². The normalized spacial score (nSPS) is 10.2. The summed E-state index contributed by atoms with van der Waals surface area (Å²) >= 11 is 1.38. The highest BCUT2D eigenvalue weighted by Crippen LogP contribution is 2.30. The molecule has 6 nitrogen and oxygen atoms in total. The fraction of sp³-hybridized carbons (Fsp3) is 0.158. The summed E-state index contributed by atoms with van der Waals surface area (Å²) in [6.45, 7) is 0.318. The van der Waals surface area contributed by atoms with Crippen LogP contribution >= 0.6 is 11.3 Å². The fourth-order valence-electron chi connectivity index (χ4n) is 2.44. The lowest BCUT2D eigenvalue weighted by Crippen LogP contribution is -2.23. The molecule has 0 radical (unpaired) electrons. The Morgan fingerprint density at radius 1 is 1.08 bits per heavy atom. The lowest BCUT2D eigenvalue weighted by atomic mass is 10.2. The van der Waals surface area contributed by atoms with E-state index in [4.69, 9.17) is 9.47 Å². The maximum Gasteiger partial charge on any atom is 0.271 e. The Kier molecular flexibility index (Phi) is 5.70. The van der Waals surface area contributed by atoms with Crippen molar-refractivity contribution in [1.29, 1.82) is 0 Å². The van der Waals surface area contributed by atoms with Gasteiger partial charge in [-0.2, -0.15) is 0 Å². The topological polar surface area (TPSA) is 72.5 Å². The number of aromatic nitrogens is 1. The third kappa shape index (κ3) is 4.12. The Morgan fingerprint density at radius 3 is 2.62 bits per heavy atom. The molecule has 0 aliphatic rings. The predicted molar refractivity (Wildman–Crippen MR) is 103 cm³/mol. The maximum atomic E-state index is 12.4. The average Bonchev–Trinajstić information content (AvgIpc) is 3.15. The summed E-state index contributed by atoms with van der Waals surface area (Å²) in [6.07, 6.45) is 0. The number of para-hydroxylation sites is 2. The third-order valence-corrected chi connectivity index (χ3v) is 4.44. The summed E-state index contributed by atoms with van der Waals surface area (Å²) in [7, 11) is 3.15. The minimum absolute atomic E-state index is 0.243. The van der Waals surface area contributed by atoms with E-state index in [-0.39, 0.29) is 5.91 Å². The van der Waals surface area contributed by atoms with Gasteiger partial charge in [-0.15, -0.1) is 11.3 Å². The molecule has 7 heteroatoms. The van der Waals surface area contributed by atoms with Gasteiger partial charge in [-0.25, -0.2) is 4.98 Å². The largest absolute Gasteiger partial charge is 0.493 e. The average molecular weight is 369 g/mol. The van der Waals surface area contributed by atoms with Crippen LogP contribution in [0.2, 0.25) is 0 Å². The second-order valence-electron chi connectivity index (χ2n) is 5.36. The van der Waals surface area contributed by atoms with Crippen LogP contribution in [0.1, 0.15) is 16.1 Å². The number of amides is 1. The Bertz CT molecular complexity index is 881. The van der Waals surface area contributed by atoms with E-state index in [2.05, 4.69) is 15.6 Å². The fourth-order valence-corrected chi connectivity index (χ4v) is 3.15. The molecule has 3 aromatic rings. The molecule has 0 aliphatic carbocycles. The summed E-state index contributed by atoms with van der Waals surface area (Å²) in [6, 6.07) is 15.2. The number of nitrogens with zero attached hydrogens (tertiary/aromatic N) is 1. The molecule has 0 fully saturated rings. The van der Waals surface area contributed by atoms with Crippen LogP contribution in [-0.2, 0) is 6.54 Å². The molecule has 2 aromatic carbocycles. The minimum atomic E-state index is -0.243. The molecular formula is C19H19N3O3S.